The van der Waals surface area contributed by atoms with Gasteiger partial charge in [0.2, 0.25) is 17.7 Å². The lowest BCUT2D eigenvalue weighted by Crippen LogP contribution is -2.30. The Bertz CT molecular complexity index is 1140. The first-order chi connectivity index (χ1) is 16.5. The molecule has 10 heteroatoms. The van der Waals surface area contributed by atoms with Crippen LogP contribution in [0.4, 0.5) is 11.8 Å². The molecule has 2 N–H and O–H groups in total. The molecule has 0 radical (unpaired) electrons. The van der Waals surface area contributed by atoms with Gasteiger partial charge in [-0.1, -0.05) is 0 Å². The molecule has 1 saturated heterocycles. The number of hydrogen-bond acceptors (Lipinski definition) is 9. The van der Waals surface area contributed by atoms with Gasteiger partial charge in [0.25, 0.3) is 5.91 Å². The molecule has 4 heterocycles. The van der Waals surface area contributed by atoms with E-state index in [-0.39, 0.29) is 11.9 Å². The summed E-state index contributed by atoms with van der Waals surface area (Å²) in [6, 6.07) is 9.23. The van der Waals surface area contributed by atoms with E-state index in [0.29, 0.717) is 48.0 Å². The minimum atomic E-state index is -0.366. The number of likely N-dealkylation sites (N-methyl/N-ethyl adjacent to an activating group) is 1. The first kappa shape index (κ1) is 23.4. The maximum atomic E-state index is 13.0. The molecule has 3 aromatic rings. The highest BCUT2D eigenvalue weighted by atomic mass is 16.5. The molecule has 34 heavy (non-hydrogen) atoms. The van der Waals surface area contributed by atoms with Crippen molar-refractivity contribution in [3.8, 4) is 11.8 Å². The summed E-state index contributed by atoms with van der Waals surface area (Å²) < 4.78 is 11.1. The second kappa shape index (κ2) is 10.9. The molecular formula is C24H29N7O3. The van der Waals surface area contributed by atoms with Crippen LogP contribution >= 0.6 is 0 Å². The van der Waals surface area contributed by atoms with Gasteiger partial charge in [-0.05, 0) is 57.1 Å². The number of anilines is 2. The number of aromatic nitrogens is 4. The molecule has 3 aromatic heterocycles. The van der Waals surface area contributed by atoms with Crippen molar-refractivity contribution in [2.24, 2.45) is 0 Å². The summed E-state index contributed by atoms with van der Waals surface area (Å²) in [6.07, 6.45) is 5.57. The summed E-state index contributed by atoms with van der Waals surface area (Å²) in [5.74, 6) is 1.24. The molecule has 178 valence electrons. The van der Waals surface area contributed by atoms with E-state index in [2.05, 4.69) is 42.5 Å². The van der Waals surface area contributed by atoms with E-state index in [9.17, 15) is 4.79 Å². The Kier molecular flexibility index (Phi) is 7.48. The first-order valence-corrected chi connectivity index (χ1v) is 11.2. The van der Waals surface area contributed by atoms with E-state index in [1.54, 1.807) is 37.7 Å². The van der Waals surface area contributed by atoms with Gasteiger partial charge in [0.05, 0.1) is 12.7 Å². The van der Waals surface area contributed by atoms with Crippen molar-refractivity contribution in [1.29, 1.82) is 0 Å². The van der Waals surface area contributed by atoms with E-state index >= 15 is 0 Å². The van der Waals surface area contributed by atoms with E-state index < -0.39 is 0 Å². The van der Waals surface area contributed by atoms with Gasteiger partial charge in [-0.3, -0.25) is 10.1 Å². The topological polar surface area (TPSA) is 114 Å². The highest BCUT2D eigenvalue weighted by Gasteiger charge is 2.22. The minimum absolute atomic E-state index is 0.188. The molecule has 1 aliphatic heterocycles. The molecule has 10 nitrogen and oxygen atoms in total. The van der Waals surface area contributed by atoms with Crippen molar-refractivity contribution in [2.75, 3.05) is 37.9 Å². The number of carbonyl (C=O) groups is 1. The van der Waals surface area contributed by atoms with Crippen molar-refractivity contribution >= 4 is 17.7 Å². The third kappa shape index (κ3) is 5.96. The fourth-order valence-corrected chi connectivity index (χ4v) is 3.80. The fraction of sp³-hybridized carbons (Fsp3) is 0.375. The number of hydrogen-bond donors (Lipinski definition) is 2. The van der Waals surface area contributed by atoms with Crippen molar-refractivity contribution < 1.29 is 14.3 Å². The summed E-state index contributed by atoms with van der Waals surface area (Å²) in [5, 5.41) is 5.97. The third-order valence-corrected chi connectivity index (χ3v) is 5.67. The van der Waals surface area contributed by atoms with Crippen LogP contribution in [-0.4, -0.2) is 64.1 Å². The average molecular weight is 464 g/mol. The standard InChI is InChI=1S/C24H29N7O3/c1-16-12-21(34-15-18-6-5-11-31(18)2)29-24(28-16)30-23(32)19-7-4-9-26-22(19)27-14-17-8-10-25-20(13-17)33-3/h4,7-10,12-13,18H,5-6,11,14-15H2,1-3H3,(H,26,27)(H,28,29,30,32)/t18-/m0/s1. The Hall–Kier alpha value is -3.79. The van der Waals surface area contributed by atoms with Crippen LogP contribution in [0.3, 0.4) is 0 Å². The van der Waals surface area contributed by atoms with Gasteiger partial charge in [-0.15, -0.1) is 0 Å². The lowest BCUT2D eigenvalue weighted by Gasteiger charge is -2.19. The molecule has 0 saturated carbocycles. The Morgan fingerprint density at radius 1 is 1.18 bits per heavy atom. The zero-order valence-electron chi connectivity index (χ0n) is 19.6. The Balaban J connectivity index is 1.42. The number of methoxy groups -OCH3 is 1. The van der Waals surface area contributed by atoms with Crippen LogP contribution in [0.1, 0.15) is 34.5 Å². The zero-order valence-corrected chi connectivity index (χ0v) is 19.6. The summed E-state index contributed by atoms with van der Waals surface area (Å²) in [5.41, 5.74) is 2.03. The van der Waals surface area contributed by atoms with Gasteiger partial charge in [0.15, 0.2) is 0 Å². The number of pyridine rings is 2. The predicted molar refractivity (Wildman–Crippen MR) is 128 cm³/mol. The summed E-state index contributed by atoms with van der Waals surface area (Å²) in [6.45, 7) is 3.92. The number of nitrogens with one attached hydrogen (secondary N) is 2. The highest BCUT2D eigenvalue weighted by Crippen LogP contribution is 2.19. The monoisotopic (exact) mass is 463 g/mol. The second-order valence-corrected chi connectivity index (χ2v) is 8.17. The van der Waals surface area contributed by atoms with Crippen LogP contribution in [0.25, 0.3) is 0 Å². The molecular weight excluding hydrogens is 434 g/mol. The molecule has 0 aliphatic carbocycles. The molecule has 1 aliphatic rings. The average Bonchev–Trinajstić information content (AvgIpc) is 3.26. The molecule has 0 aromatic carbocycles. The number of ether oxygens (including phenoxy) is 2. The van der Waals surface area contributed by atoms with Gasteiger partial charge >= 0.3 is 0 Å². The van der Waals surface area contributed by atoms with E-state index in [4.69, 9.17) is 9.47 Å². The molecule has 1 atom stereocenters. The maximum Gasteiger partial charge on any atom is 0.261 e. The number of aryl methyl sites for hydroxylation is 1. The highest BCUT2D eigenvalue weighted by molar-refractivity contribution is 6.06. The minimum Gasteiger partial charge on any atom is -0.481 e. The van der Waals surface area contributed by atoms with Crippen molar-refractivity contribution in [3.05, 3.63) is 59.5 Å². The van der Waals surface area contributed by atoms with Gasteiger partial charge in [0, 0.05) is 42.8 Å². The van der Waals surface area contributed by atoms with Crippen LogP contribution in [0.15, 0.2) is 42.7 Å². The van der Waals surface area contributed by atoms with Crippen LogP contribution in [0.5, 0.6) is 11.8 Å². The molecule has 1 amide bonds. The Morgan fingerprint density at radius 2 is 2.06 bits per heavy atom. The molecule has 4 rings (SSSR count). The summed E-state index contributed by atoms with van der Waals surface area (Å²) in [4.78, 5) is 32.5. The van der Waals surface area contributed by atoms with Crippen LogP contribution in [-0.2, 0) is 6.54 Å². The van der Waals surface area contributed by atoms with Crippen LogP contribution in [0, 0.1) is 6.92 Å². The fourth-order valence-electron chi connectivity index (χ4n) is 3.80. The van der Waals surface area contributed by atoms with Crippen molar-refractivity contribution in [1.82, 2.24) is 24.8 Å². The van der Waals surface area contributed by atoms with Crippen LogP contribution < -0.4 is 20.1 Å². The van der Waals surface area contributed by atoms with Crippen molar-refractivity contribution in [2.45, 2.75) is 32.4 Å². The normalized spacial score (nSPS) is 15.7. The third-order valence-electron chi connectivity index (χ3n) is 5.67. The van der Waals surface area contributed by atoms with Gasteiger partial charge in [-0.2, -0.15) is 4.98 Å². The largest absolute Gasteiger partial charge is 0.481 e. The Labute approximate surface area is 198 Å². The maximum absolute atomic E-state index is 13.0. The molecule has 0 spiro atoms. The molecule has 0 unspecified atom stereocenters. The number of rotatable bonds is 9. The molecule has 0 bridgehead atoms. The number of carbonyl (C=O) groups excluding carboxylic acids is 1. The van der Waals surface area contributed by atoms with Crippen LogP contribution in [0.2, 0.25) is 0 Å². The number of nitrogens with zero attached hydrogens (tertiary/aromatic N) is 5. The SMILES string of the molecule is COc1cc(CNc2ncccc2C(=O)Nc2nc(C)cc(OC[C@@H]3CCCN3C)n2)ccn1. The summed E-state index contributed by atoms with van der Waals surface area (Å²) >= 11 is 0. The smallest absolute Gasteiger partial charge is 0.261 e. The Morgan fingerprint density at radius 3 is 2.85 bits per heavy atom. The van der Waals surface area contributed by atoms with Gasteiger partial charge in [0.1, 0.15) is 12.4 Å². The summed E-state index contributed by atoms with van der Waals surface area (Å²) in [7, 11) is 3.67. The van der Waals surface area contributed by atoms with E-state index in [0.717, 1.165) is 18.5 Å². The van der Waals surface area contributed by atoms with E-state index in [1.807, 2.05) is 19.1 Å². The predicted octanol–water partition coefficient (Wildman–Crippen LogP) is 2.92. The lowest BCUT2D eigenvalue weighted by molar-refractivity contribution is 0.102. The number of likely N-dealkylation sites (tertiary alicyclic amines) is 1. The quantitative estimate of drug-likeness (QED) is 0.494. The second-order valence-electron chi connectivity index (χ2n) is 8.17. The van der Waals surface area contributed by atoms with Crippen molar-refractivity contribution in [3.63, 3.8) is 0 Å². The van der Waals surface area contributed by atoms with Gasteiger partial charge < -0.3 is 19.7 Å². The number of amides is 1. The lowest BCUT2D eigenvalue weighted by atomic mass is 10.2. The first-order valence-electron chi connectivity index (χ1n) is 11.2. The van der Waals surface area contributed by atoms with E-state index in [1.165, 1.54) is 6.42 Å². The van der Waals surface area contributed by atoms with Gasteiger partial charge in [-0.25, -0.2) is 15.0 Å². The zero-order chi connectivity index (χ0) is 23.9. The molecule has 1 fully saturated rings.